The van der Waals surface area contributed by atoms with Gasteiger partial charge in [0.05, 0.1) is 0 Å². The molecule has 2 unspecified atom stereocenters. The lowest BCUT2D eigenvalue weighted by Crippen LogP contribution is -2.49. The normalized spacial score (nSPS) is 22.4. The van der Waals surface area contributed by atoms with E-state index in [1.165, 1.54) is 41.2 Å². The minimum Gasteiger partial charge on any atom is -0.424 e. The highest BCUT2D eigenvalue weighted by Crippen LogP contribution is 2.57. The molecular formula is C35H40N6O2. The summed E-state index contributed by atoms with van der Waals surface area (Å²) < 4.78 is 6.61. The van der Waals surface area contributed by atoms with Gasteiger partial charge < -0.3 is 24.3 Å². The van der Waals surface area contributed by atoms with Crippen LogP contribution in [0.25, 0.3) is 0 Å². The van der Waals surface area contributed by atoms with Crippen LogP contribution in [0.1, 0.15) is 52.1 Å². The Bertz CT molecular complexity index is 1600. The molecule has 1 saturated carbocycles. The van der Waals surface area contributed by atoms with Crippen LogP contribution in [0, 0.1) is 5.92 Å². The van der Waals surface area contributed by atoms with Crippen LogP contribution in [0.4, 0.5) is 11.6 Å². The van der Waals surface area contributed by atoms with Crippen LogP contribution in [-0.4, -0.2) is 72.0 Å². The Morgan fingerprint density at radius 1 is 0.977 bits per heavy atom. The lowest BCUT2D eigenvalue weighted by Gasteiger charge is -2.38. The Balaban J connectivity index is 1.16. The molecule has 0 bridgehead atoms. The fourth-order valence-electron chi connectivity index (χ4n) is 7.89. The van der Waals surface area contributed by atoms with Gasteiger partial charge in [-0.1, -0.05) is 36.9 Å². The summed E-state index contributed by atoms with van der Waals surface area (Å²) in [5.74, 6) is 4.44. The first-order valence-corrected chi connectivity index (χ1v) is 16.0. The molecule has 8 heteroatoms. The number of benzene rings is 2. The first-order valence-electron chi connectivity index (χ1n) is 16.0. The lowest BCUT2D eigenvalue weighted by atomic mass is 9.98. The summed E-state index contributed by atoms with van der Waals surface area (Å²) in [5, 5.41) is 0. The molecule has 1 aromatic heterocycles. The zero-order valence-corrected chi connectivity index (χ0v) is 25.1. The van der Waals surface area contributed by atoms with Gasteiger partial charge >= 0.3 is 6.01 Å². The zero-order valence-electron chi connectivity index (χ0n) is 25.1. The molecule has 1 saturated heterocycles. The summed E-state index contributed by atoms with van der Waals surface area (Å²) >= 11 is 0. The van der Waals surface area contributed by atoms with E-state index in [1.807, 2.05) is 4.90 Å². The molecule has 2 aromatic carbocycles. The number of rotatable bonds is 6. The smallest absolute Gasteiger partial charge is 0.325 e. The molecule has 0 N–H and O–H groups in total. The molecule has 4 heterocycles. The second-order valence-electron chi connectivity index (χ2n) is 13.0. The van der Waals surface area contributed by atoms with Gasteiger partial charge in [-0.05, 0) is 85.4 Å². The van der Waals surface area contributed by atoms with Crippen molar-refractivity contribution < 1.29 is 9.53 Å². The number of nitrogens with zero attached hydrogens (tertiary/aromatic N) is 6. The molecule has 2 fully saturated rings. The minimum absolute atomic E-state index is 0.00708. The van der Waals surface area contributed by atoms with Gasteiger partial charge in [-0.2, -0.15) is 9.97 Å². The third-order valence-electron chi connectivity index (χ3n) is 10.2. The Kier molecular flexibility index (Phi) is 6.62. The Morgan fingerprint density at radius 3 is 2.65 bits per heavy atom. The number of aromatic nitrogens is 2. The number of likely N-dealkylation sites (N-methyl/N-ethyl adjacent to an activating group) is 1. The first-order chi connectivity index (χ1) is 21.1. The second-order valence-corrected chi connectivity index (χ2v) is 13.0. The van der Waals surface area contributed by atoms with Gasteiger partial charge in [0.1, 0.15) is 17.4 Å². The van der Waals surface area contributed by atoms with Gasteiger partial charge in [-0.15, -0.1) is 0 Å². The van der Waals surface area contributed by atoms with Gasteiger partial charge in [-0.3, -0.25) is 4.79 Å². The first kappa shape index (κ1) is 26.7. The molecule has 1 amide bonds. The quantitative estimate of drug-likeness (QED) is 0.394. The number of carbonyl (C=O) groups excluding carboxylic acids is 1. The fourth-order valence-corrected chi connectivity index (χ4v) is 7.89. The molecule has 3 aliphatic heterocycles. The highest BCUT2D eigenvalue weighted by molar-refractivity contribution is 5.87. The minimum atomic E-state index is -0.00708. The van der Waals surface area contributed by atoms with Crippen LogP contribution in [0.2, 0.25) is 0 Å². The van der Waals surface area contributed by atoms with Crippen molar-refractivity contribution in [2.75, 3.05) is 56.1 Å². The number of fused-ring (bicyclic) bond motifs is 5. The van der Waals surface area contributed by atoms with Crippen molar-refractivity contribution in [3.63, 3.8) is 0 Å². The molecule has 0 radical (unpaired) electrons. The predicted octanol–water partition coefficient (Wildman–Crippen LogP) is 4.70. The van der Waals surface area contributed by atoms with Gasteiger partial charge in [-0.25, -0.2) is 0 Å². The monoisotopic (exact) mass is 576 g/mol. The second kappa shape index (κ2) is 10.7. The summed E-state index contributed by atoms with van der Waals surface area (Å²) in [6.07, 6.45) is 6.97. The predicted molar refractivity (Wildman–Crippen MR) is 168 cm³/mol. The van der Waals surface area contributed by atoms with Crippen LogP contribution < -0.4 is 14.5 Å². The summed E-state index contributed by atoms with van der Waals surface area (Å²) in [5.41, 5.74) is 8.39. The lowest BCUT2D eigenvalue weighted by molar-refractivity contribution is -0.126. The van der Waals surface area contributed by atoms with Crippen LogP contribution >= 0.6 is 0 Å². The summed E-state index contributed by atoms with van der Waals surface area (Å²) in [6, 6.07) is 13.7. The molecule has 5 aliphatic rings. The third kappa shape index (κ3) is 4.85. The SMILES string of the molecule is C=CC(=O)N1CCN(c2nc(Oc3cccc4c3CCN(C)C4)nc3c2CCCN3Cc2cccc3c2C2CC2C3)CC1. The number of ether oxygens (including phenoxy) is 1. The molecule has 2 aliphatic carbocycles. The van der Waals surface area contributed by atoms with E-state index in [2.05, 4.69) is 64.7 Å². The summed E-state index contributed by atoms with van der Waals surface area (Å²) in [7, 11) is 2.16. The summed E-state index contributed by atoms with van der Waals surface area (Å²) in [6.45, 7) is 10.2. The van der Waals surface area contributed by atoms with Crippen molar-refractivity contribution in [3.05, 3.63) is 82.4 Å². The Labute approximate surface area is 254 Å². The van der Waals surface area contributed by atoms with Gasteiger partial charge in [0, 0.05) is 63.5 Å². The van der Waals surface area contributed by atoms with Crippen molar-refractivity contribution in [2.24, 2.45) is 5.92 Å². The fraction of sp³-hybridized carbons (Fsp3) is 0.457. The Hall–Kier alpha value is -3.91. The van der Waals surface area contributed by atoms with Crippen LogP contribution in [0.15, 0.2) is 49.1 Å². The average molecular weight is 577 g/mol. The van der Waals surface area contributed by atoms with E-state index in [0.717, 1.165) is 87.8 Å². The van der Waals surface area contributed by atoms with E-state index < -0.39 is 0 Å². The Morgan fingerprint density at radius 2 is 1.79 bits per heavy atom. The highest BCUT2D eigenvalue weighted by Gasteiger charge is 2.46. The van der Waals surface area contributed by atoms with Crippen LogP contribution in [-0.2, 0) is 37.1 Å². The van der Waals surface area contributed by atoms with Gasteiger partial charge in [0.2, 0.25) is 5.91 Å². The van der Waals surface area contributed by atoms with Crippen LogP contribution in [0.5, 0.6) is 11.8 Å². The van der Waals surface area contributed by atoms with Crippen LogP contribution in [0.3, 0.4) is 0 Å². The van der Waals surface area contributed by atoms with E-state index >= 15 is 0 Å². The standard InChI is InChI=1S/C35H40N6O2/c1-3-31(42)39-15-17-40(18-16-39)33-28-10-6-13-41(22-25-9-4-7-23-19-26-20-29(26)32(23)25)34(28)37-35(36-33)43-30-11-5-8-24-21-38(2)14-12-27(24)30/h3-5,7-9,11,26,29H,1,6,10,12-22H2,2H3. The number of carbonyl (C=O) groups is 1. The molecule has 43 heavy (non-hydrogen) atoms. The number of hydrogen-bond acceptors (Lipinski definition) is 7. The van der Waals surface area contributed by atoms with E-state index in [4.69, 9.17) is 14.7 Å². The zero-order chi connectivity index (χ0) is 29.1. The maximum Gasteiger partial charge on any atom is 0.325 e. The number of anilines is 2. The van der Waals surface area contributed by atoms with Crippen molar-refractivity contribution in [1.29, 1.82) is 0 Å². The van der Waals surface area contributed by atoms with Crippen molar-refractivity contribution >= 4 is 17.5 Å². The number of amides is 1. The third-order valence-corrected chi connectivity index (χ3v) is 10.2. The average Bonchev–Trinajstić information content (AvgIpc) is 3.69. The molecule has 0 spiro atoms. The largest absolute Gasteiger partial charge is 0.424 e. The van der Waals surface area contributed by atoms with Crippen molar-refractivity contribution in [3.8, 4) is 11.8 Å². The molecule has 8 rings (SSSR count). The van der Waals surface area contributed by atoms with Crippen molar-refractivity contribution in [2.45, 2.75) is 51.1 Å². The molecule has 8 nitrogen and oxygen atoms in total. The van der Waals surface area contributed by atoms with Gasteiger partial charge in [0.25, 0.3) is 0 Å². The highest BCUT2D eigenvalue weighted by atomic mass is 16.5. The van der Waals surface area contributed by atoms with Gasteiger partial charge in [0.15, 0.2) is 0 Å². The van der Waals surface area contributed by atoms with E-state index in [1.54, 1.807) is 11.1 Å². The number of piperazine rings is 1. The summed E-state index contributed by atoms with van der Waals surface area (Å²) in [4.78, 5) is 31.6. The molecular weight excluding hydrogens is 536 g/mol. The molecule has 222 valence electrons. The molecule has 3 aromatic rings. The van der Waals surface area contributed by atoms with E-state index in [-0.39, 0.29) is 5.91 Å². The maximum absolute atomic E-state index is 12.3. The van der Waals surface area contributed by atoms with Crippen molar-refractivity contribution in [1.82, 2.24) is 19.8 Å². The van der Waals surface area contributed by atoms with E-state index in [9.17, 15) is 4.79 Å². The maximum atomic E-state index is 12.3. The topological polar surface area (TPSA) is 65.0 Å². The molecule has 2 atom stereocenters. The van der Waals surface area contributed by atoms with E-state index in [0.29, 0.717) is 19.1 Å². The number of hydrogen-bond donors (Lipinski definition) is 0.